The van der Waals surface area contributed by atoms with E-state index in [-0.39, 0.29) is 10.9 Å². The predicted molar refractivity (Wildman–Crippen MR) is 89.1 cm³/mol. The van der Waals surface area contributed by atoms with E-state index in [1.807, 2.05) is 38.1 Å². The Morgan fingerprint density at radius 3 is 2.43 bits per heavy atom. The Kier molecular flexibility index (Phi) is 5.00. The molecule has 5 heteroatoms. The minimum absolute atomic E-state index is 0.242. The highest BCUT2D eigenvalue weighted by molar-refractivity contribution is 7.80. The molecule has 0 unspecified atom stereocenters. The number of anilines is 1. The number of halogens is 1. The smallest absolute Gasteiger partial charge is 0.191 e. The van der Waals surface area contributed by atoms with Crippen LogP contribution in [0.4, 0.5) is 10.1 Å². The average Bonchev–Trinajstić information content (AvgIpc) is 2.48. The van der Waals surface area contributed by atoms with Crippen LogP contribution >= 0.6 is 12.2 Å². The van der Waals surface area contributed by atoms with E-state index in [1.54, 1.807) is 18.2 Å². The topological polar surface area (TPSA) is 36.4 Å². The van der Waals surface area contributed by atoms with Gasteiger partial charge in [0.05, 0.1) is 11.4 Å². The summed E-state index contributed by atoms with van der Waals surface area (Å²) in [4.78, 5) is 0. The Bertz CT molecular complexity index is 665. The standard InChI is InChI=1S/C16H16FN3S/c1-11-7-9-13(10-8-11)12(2)19-20-16(21)18-15-6-4-3-5-14(15)17/h3-10H,1-2H3,(H2,18,20,21)/b19-12-. The summed E-state index contributed by atoms with van der Waals surface area (Å²) in [5.41, 5.74) is 6.02. The lowest BCUT2D eigenvalue weighted by Gasteiger charge is -2.08. The molecule has 3 nitrogen and oxygen atoms in total. The van der Waals surface area contributed by atoms with Crippen LogP contribution < -0.4 is 10.7 Å². The fraction of sp³-hybridized carbons (Fsp3) is 0.125. The van der Waals surface area contributed by atoms with Crippen LogP contribution in [0.15, 0.2) is 53.6 Å². The monoisotopic (exact) mass is 301 g/mol. The Morgan fingerprint density at radius 2 is 1.76 bits per heavy atom. The molecule has 2 N–H and O–H groups in total. The van der Waals surface area contributed by atoms with Crippen molar-refractivity contribution >= 4 is 28.7 Å². The number of thiocarbonyl (C=S) groups is 1. The van der Waals surface area contributed by atoms with E-state index in [4.69, 9.17) is 12.2 Å². The highest BCUT2D eigenvalue weighted by Crippen LogP contribution is 2.12. The van der Waals surface area contributed by atoms with Crippen LogP contribution in [0.25, 0.3) is 0 Å². The van der Waals surface area contributed by atoms with Crippen molar-refractivity contribution in [3.05, 3.63) is 65.5 Å². The second-order valence-corrected chi connectivity index (χ2v) is 5.02. The number of hydrogen-bond acceptors (Lipinski definition) is 2. The second-order valence-electron chi connectivity index (χ2n) is 4.61. The molecule has 0 bridgehead atoms. The number of para-hydroxylation sites is 1. The first-order valence-corrected chi connectivity index (χ1v) is 6.90. The summed E-state index contributed by atoms with van der Waals surface area (Å²) in [6, 6.07) is 14.3. The van der Waals surface area contributed by atoms with Crippen LogP contribution in [0.1, 0.15) is 18.1 Å². The van der Waals surface area contributed by atoms with E-state index in [0.29, 0.717) is 5.69 Å². The van der Waals surface area contributed by atoms with Gasteiger partial charge in [-0.05, 0) is 43.8 Å². The molecule has 0 aromatic heterocycles. The summed E-state index contributed by atoms with van der Waals surface area (Å²) in [5.74, 6) is -0.360. The summed E-state index contributed by atoms with van der Waals surface area (Å²) >= 11 is 5.09. The van der Waals surface area contributed by atoms with Gasteiger partial charge in [0.15, 0.2) is 5.11 Å². The summed E-state index contributed by atoms with van der Waals surface area (Å²) in [6.45, 7) is 3.91. The van der Waals surface area contributed by atoms with Crippen LogP contribution in [0, 0.1) is 12.7 Å². The van der Waals surface area contributed by atoms with Crippen molar-refractivity contribution in [2.24, 2.45) is 5.10 Å². The Morgan fingerprint density at radius 1 is 1.10 bits per heavy atom. The van der Waals surface area contributed by atoms with Crippen LogP contribution in [0.3, 0.4) is 0 Å². The molecule has 0 radical (unpaired) electrons. The summed E-state index contributed by atoms with van der Waals surface area (Å²) in [5, 5.41) is 7.20. The minimum Gasteiger partial charge on any atom is -0.329 e. The normalized spacial score (nSPS) is 11.1. The molecule has 2 aromatic carbocycles. The largest absolute Gasteiger partial charge is 0.329 e. The van der Waals surface area contributed by atoms with Gasteiger partial charge in [0.1, 0.15) is 5.82 Å². The molecule has 2 rings (SSSR count). The number of aryl methyl sites for hydroxylation is 1. The van der Waals surface area contributed by atoms with Crippen molar-refractivity contribution in [2.75, 3.05) is 5.32 Å². The zero-order valence-corrected chi connectivity index (χ0v) is 12.7. The first-order chi connectivity index (χ1) is 10.1. The molecular formula is C16H16FN3S. The van der Waals surface area contributed by atoms with Crippen molar-refractivity contribution < 1.29 is 4.39 Å². The van der Waals surface area contributed by atoms with Gasteiger partial charge in [0, 0.05) is 0 Å². The molecule has 2 aromatic rings. The van der Waals surface area contributed by atoms with Gasteiger partial charge in [-0.3, -0.25) is 5.43 Å². The molecule has 0 spiro atoms. The van der Waals surface area contributed by atoms with E-state index in [0.717, 1.165) is 11.3 Å². The third-order valence-corrected chi connectivity index (χ3v) is 3.11. The second kappa shape index (κ2) is 6.95. The maximum Gasteiger partial charge on any atom is 0.191 e. The average molecular weight is 301 g/mol. The molecule has 0 saturated heterocycles. The predicted octanol–water partition coefficient (Wildman–Crippen LogP) is 3.84. The number of nitrogens with one attached hydrogen (secondary N) is 2. The summed E-state index contributed by atoms with van der Waals surface area (Å²) < 4.78 is 13.5. The van der Waals surface area contributed by atoms with Gasteiger partial charge in [-0.25, -0.2) is 4.39 Å². The fourth-order valence-electron chi connectivity index (χ4n) is 1.71. The van der Waals surface area contributed by atoms with Crippen molar-refractivity contribution in [2.45, 2.75) is 13.8 Å². The summed E-state index contributed by atoms with van der Waals surface area (Å²) in [7, 11) is 0. The van der Waals surface area contributed by atoms with Crippen LogP contribution in [0.5, 0.6) is 0 Å². The van der Waals surface area contributed by atoms with E-state index >= 15 is 0 Å². The number of benzene rings is 2. The SMILES string of the molecule is C/C(=N/NC(=S)Nc1ccccc1F)c1ccc(C)cc1. The number of rotatable bonds is 3. The number of hydrogen-bond donors (Lipinski definition) is 2. The molecule has 0 atom stereocenters. The zero-order chi connectivity index (χ0) is 15.2. The maximum absolute atomic E-state index is 13.5. The Labute approximate surface area is 128 Å². The fourth-order valence-corrected chi connectivity index (χ4v) is 1.86. The molecule has 0 aliphatic rings. The molecule has 0 aliphatic carbocycles. The van der Waals surface area contributed by atoms with Gasteiger partial charge < -0.3 is 5.32 Å². The lowest BCUT2D eigenvalue weighted by Crippen LogP contribution is -2.25. The van der Waals surface area contributed by atoms with E-state index in [9.17, 15) is 4.39 Å². The van der Waals surface area contributed by atoms with Gasteiger partial charge in [-0.2, -0.15) is 5.10 Å². The van der Waals surface area contributed by atoms with Gasteiger partial charge in [0.25, 0.3) is 0 Å². The molecule has 0 amide bonds. The quantitative estimate of drug-likeness (QED) is 0.514. The third kappa shape index (κ3) is 4.36. The van der Waals surface area contributed by atoms with E-state index < -0.39 is 0 Å². The first kappa shape index (κ1) is 15.1. The van der Waals surface area contributed by atoms with Crippen LogP contribution in [-0.4, -0.2) is 10.8 Å². The van der Waals surface area contributed by atoms with Crippen molar-refractivity contribution in [3.8, 4) is 0 Å². The maximum atomic E-state index is 13.5. The van der Waals surface area contributed by atoms with Gasteiger partial charge in [0.2, 0.25) is 0 Å². The van der Waals surface area contributed by atoms with Crippen molar-refractivity contribution in [3.63, 3.8) is 0 Å². The lowest BCUT2D eigenvalue weighted by atomic mass is 10.1. The van der Waals surface area contributed by atoms with E-state index in [1.165, 1.54) is 11.6 Å². The zero-order valence-electron chi connectivity index (χ0n) is 11.9. The third-order valence-electron chi connectivity index (χ3n) is 2.92. The Hall–Kier alpha value is -2.27. The van der Waals surface area contributed by atoms with Gasteiger partial charge in [-0.1, -0.05) is 42.0 Å². The van der Waals surface area contributed by atoms with Crippen LogP contribution in [-0.2, 0) is 0 Å². The highest BCUT2D eigenvalue weighted by atomic mass is 32.1. The molecular weight excluding hydrogens is 285 g/mol. The van der Waals surface area contributed by atoms with Crippen LogP contribution in [0.2, 0.25) is 0 Å². The molecule has 0 fully saturated rings. The molecule has 0 aliphatic heterocycles. The highest BCUT2D eigenvalue weighted by Gasteiger charge is 2.02. The van der Waals surface area contributed by atoms with Crippen molar-refractivity contribution in [1.29, 1.82) is 0 Å². The molecule has 0 saturated carbocycles. The molecule has 21 heavy (non-hydrogen) atoms. The van der Waals surface area contributed by atoms with Gasteiger partial charge in [-0.15, -0.1) is 0 Å². The lowest BCUT2D eigenvalue weighted by molar-refractivity contribution is 0.632. The Balaban J connectivity index is 1.98. The van der Waals surface area contributed by atoms with E-state index in [2.05, 4.69) is 15.8 Å². The minimum atomic E-state index is -0.360. The molecule has 108 valence electrons. The van der Waals surface area contributed by atoms with Crippen molar-refractivity contribution in [1.82, 2.24) is 5.43 Å². The van der Waals surface area contributed by atoms with Gasteiger partial charge >= 0.3 is 0 Å². The number of hydrazone groups is 1. The summed E-state index contributed by atoms with van der Waals surface area (Å²) in [6.07, 6.45) is 0. The first-order valence-electron chi connectivity index (χ1n) is 6.49. The number of nitrogens with zero attached hydrogens (tertiary/aromatic N) is 1. The molecule has 0 heterocycles.